The predicted octanol–water partition coefficient (Wildman–Crippen LogP) is -0.885. The van der Waals surface area contributed by atoms with E-state index in [1.54, 1.807) is 35.0 Å². The Hall–Kier alpha value is -0.660. The molecule has 0 aromatic carbocycles. The average molecular weight is 267 g/mol. The summed E-state index contributed by atoms with van der Waals surface area (Å²) in [5.41, 5.74) is -0.799. The Balaban J connectivity index is 5.05. The van der Waals surface area contributed by atoms with Gasteiger partial charge in [0.25, 0.3) is 10.1 Å². The van der Waals surface area contributed by atoms with Crippen molar-refractivity contribution in [2.45, 2.75) is 26.3 Å². The van der Waals surface area contributed by atoms with Crippen LogP contribution in [0.4, 0.5) is 0 Å². The van der Waals surface area contributed by atoms with Gasteiger partial charge in [0.15, 0.2) is 0 Å². The number of carbonyl (C=O) groups excluding carboxylic acids is 1. The fraction of sp³-hybridized carbons (Fsp3) is 0.900. The first-order chi connectivity index (χ1) is 7.27. The van der Waals surface area contributed by atoms with Crippen molar-refractivity contribution in [3.63, 3.8) is 0 Å². The highest BCUT2D eigenvalue weighted by Crippen LogP contribution is 2.31. The first-order valence-electron chi connectivity index (χ1n) is 5.24. The van der Waals surface area contributed by atoms with Crippen molar-refractivity contribution in [3.05, 3.63) is 0 Å². The Bertz CT molecular complexity index is 380. The van der Waals surface area contributed by atoms with Gasteiger partial charge in [-0.1, -0.05) is 13.8 Å². The van der Waals surface area contributed by atoms with E-state index in [9.17, 15) is 18.3 Å². The maximum atomic E-state index is 11.2. The molecule has 6 nitrogen and oxygen atoms in total. The van der Waals surface area contributed by atoms with Crippen LogP contribution < -0.4 is 5.11 Å². The molecule has 0 fully saturated rings. The maximum Gasteiger partial charge on any atom is 0.264 e. The van der Waals surface area contributed by atoms with E-state index in [1.165, 1.54) is 0 Å². The van der Waals surface area contributed by atoms with E-state index in [0.717, 1.165) is 0 Å². The van der Waals surface area contributed by atoms with Gasteiger partial charge in [-0.25, -0.2) is 0 Å². The van der Waals surface area contributed by atoms with Crippen LogP contribution in [0.1, 0.15) is 20.3 Å². The Morgan fingerprint density at radius 2 is 1.76 bits per heavy atom. The summed E-state index contributed by atoms with van der Waals surface area (Å²) in [6, 6.07) is -0.857. The van der Waals surface area contributed by atoms with Crippen molar-refractivity contribution >= 4 is 16.1 Å². The fourth-order valence-corrected chi connectivity index (χ4v) is 3.00. The molecule has 102 valence electrons. The highest BCUT2D eigenvalue weighted by molar-refractivity contribution is 7.85. The molecule has 1 unspecified atom stereocenters. The molecule has 0 saturated heterocycles. The molecule has 1 N–H and O–H groups in total. The van der Waals surface area contributed by atoms with Crippen LogP contribution in [-0.4, -0.2) is 56.4 Å². The lowest BCUT2D eigenvalue weighted by Gasteiger charge is -2.44. The maximum absolute atomic E-state index is 11.2. The lowest BCUT2D eigenvalue weighted by atomic mass is 9.80. The van der Waals surface area contributed by atoms with Crippen LogP contribution in [0.3, 0.4) is 0 Å². The molecule has 0 aliphatic carbocycles. The lowest BCUT2D eigenvalue weighted by Crippen LogP contribution is -2.61. The van der Waals surface area contributed by atoms with E-state index in [4.69, 9.17) is 4.55 Å². The summed E-state index contributed by atoms with van der Waals surface area (Å²) in [5, 5.41) is 11.2. The number of carboxylic acids is 1. The number of aliphatic carboxylic acids is 1. The van der Waals surface area contributed by atoms with Gasteiger partial charge in [-0.15, -0.1) is 0 Å². The van der Waals surface area contributed by atoms with Crippen LogP contribution in [-0.2, 0) is 14.9 Å². The number of quaternary nitrogens is 1. The van der Waals surface area contributed by atoms with E-state index >= 15 is 0 Å². The van der Waals surface area contributed by atoms with Crippen LogP contribution in [0, 0.1) is 5.41 Å². The van der Waals surface area contributed by atoms with Gasteiger partial charge in [0.2, 0.25) is 0 Å². The lowest BCUT2D eigenvalue weighted by molar-refractivity contribution is -0.896. The second kappa shape index (κ2) is 4.91. The SMILES string of the molecule is CC(C)(CCS(=O)(=O)O)C(C(=O)[O-])[N+](C)(C)C. The standard InChI is InChI=1S/C10H21NO5S/c1-10(2,6-7-17(14,15)16)8(9(12)13)11(3,4)5/h8H,6-7H2,1-5H3,(H-,12,13,14,15,16). The van der Waals surface area contributed by atoms with E-state index in [1.807, 2.05) is 0 Å². The first kappa shape index (κ1) is 16.3. The Morgan fingerprint density at radius 1 is 1.35 bits per heavy atom. The van der Waals surface area contributed by atoms with Gasteiger partial charge in [-0.05, 0) is 6.42 Å². The molecule has 0 amide bonds. The molecule has 0 radical (unpaired) electrons. The minimum atomic E-state index is -4.08. The van der Waals surface area contributed by atoms with Crippen LogP contribution >= 0.6 is 0 Å². The second-order valence-electron chi connectivity index (χ2n) is 5.86. The number of carbonyl (C=O) groups is 1. The predicted molar refractivity (Wildman–Crippen MR) is 61.6 cm³/mol. The third-order valence-corrected chi connectivity index (χ3v) is 3.46. The Kier molecular flexibility index (Phi) is 4.72. The molecule has 7 heteroatoms. The highest BCUT2D eigenvalue weighted by atomic mass is 32.2. The number of likely N-dealkylation sites (N-methyl/N-ethyl adjacent to an activating group) is 1. The van der Waals surface area contributed by atoms with Gasteiger partial charge in [-0.2, -0.15) is 8.42 Å². The molecular weight excluding hydrogens is 246 g/mol. The topological polar surface area (TPSA) is 94.5 Å². The molecule has 0 aliphatic heterocycles. The summed E-state index contributed by atoms with van der Waals surface area (Å²) in [7, 11) is 1.03. The summed E-state index contributed by atoms with van der Waals surface area (Å²) >= 11 is 0. The van der Waals surface area contributed by atoms with Gasteiger partial charge in [0.05, 0.1) is 32.9 Å². The molecule has 0 spiro atoms. The summed E-state index contributed by atoms with van der Waals surface area (Å²) in [6.45, 7) is 3.31. The van der Waals surface area contributed by atoms with Crippen molar-refractivity contribution in [2.75, 3.05) is 26.9 Å². The number of hydrogen-bond donors (Lipinski definition) is 1. The van der Waals surface area contributed by atoms with Crippen LogP contribution in [0.25, 0.3) is 0 Å². The minimum Gasteiger partial charge on any atom is -0.544 e. The summed E-state index contributed by atoms with van der Waals surface area (Å²) in [6.07, 6.45) is 0.0556. The summed E-state index contributed by atoms with van der Waals surface area (Å²) in [4.78, 5) is 11.2. The van der Waals surface area contributed by atoms with Gasteiger partial charge in [-0.3, -0.25) is 4.55 Å². The molecular formula is C10H21NO5S. The fourth-order valence-electron chi connectivity index (χ4n) is 2.21. The van der Waals surface area contributed by atoms with Crippen molar-refractivity contribution in [3.8, 4) is 0 Å². The number of hydrogen-bond acceptors (Lipinski definition) is 4. The van der Waals surface area contributed by atoms with E-state index in [0.29, 0.717) is 0 Å². The van der Waals surface area contributed by atoms with Gasteiger partial charge in [0.1, 0.15) is 6.04 Å². The van der Waals surface area contributed by atoms with Gasteiger partial charge >= 0.3 is 0 Å². The van der Waals surface area contributed by atoms with E-state index < -0.39 is 33.3 Å². The number of carboxylic acid groups (broad SMARTS) is 1. The largest absolute Gasteiger partial charge is 0.544 e. The van der Waals surface area contributed by atoms with E-state index in [-0.39, 0.29) is 10.9 Å². The van der Waals surface area contributed by atoms with Gasteiger partial charge in [0, 0.05) is 5.41 Å². The molecule has 1 atom stereocenters. The zero-order chi connectivity index (χ0) is 14.1. The zero-order valence-corrected chi connectivity index (χ0v) is 11.7. The molecule has 0 aromatic rings. The smallest absolute Gasteiger partial charge is 0.264 e. The highest BCUT2D eigenvalue weighted by Gasteiger charge is 2.40. The first-order valence-corrected chi connectivity index (χ1v) is 6.85. The molecule has 0 aromatic heterocycles. The average Bonchev–Trinajstić information content (AvgIpc) is 1.94. The molecule has 0 heterocycles. The molecule has 17 heavy (non-hydrogen) atoms. The van der Waals surface area contributed by atoms with Crippen molar-refractivity contribution in [1.29, 1.82) is 0 Å². The second-order valence-corrected chi connectivity index (χ2v) is 7.43. The molecule has 0 saturated carbocycles. The quantitative estimate of drug-likeness (QED) is 0.498. The minimum absolute atomic E-state index is 0.0556. The third kappa shape index (κ3) is 5.47. The normalized spacial score (nSPS) is 15.6. The number of rotatable bonds is 6. The van der Waals surface area contributed by atoms with Crippen molar-refractivity contribution in [2.24, 2.45) is 5.41 Å². The third-order valence-electron chi connectivity index (χ3n) is 2.74. The van der Waals surface area contributed by atoms with E-state index in [2.05, 4.69) is 0 Å². The molecule has 0 bridgehead atoms. The molecule has 0 rings (SSSR count). The van der Waals surface area contributed by atoms with Gasteiger partial charge < -0.3 is 14.4 Å². The van der Waals surface area contributed by atoms with Crippen LogP contribution in [0.2, 0.25) is 0 Å². The monoisotopic (exact) mass is 267 g/mol. The molecule has 0 aliphatic rings. The zero-order valence-electron chi connectivity index (χ0n) is 10.9. The van der Waals surface area contributed by atoms with Crippen LogP contribution in [0.15, 0.2) is 0 Å². The van der Waals surface area contributed by atoms with Crippen molar-refractivity contribution < 1.29 is 27.4 Å². The van der Waals surface area contributed by atoms with Crippen molar-refractivity contribution in [1.82, 2.24) is 0 Å². The number of nitrogens with zero attached hydrogens (tertiary/aromatic N) is 1. The Morgan fingerprint density at radius 3 is 2.00 bits per heavy atom. The van der Waals surface area contributed by atoms with Crippen LogP contribution in [0.5, 0.6) is 0 Å². The summed E-state index contributed by atoms with van der Waals surface area (Å²) < 4.78 is 30.2. The summed E-state index contributed by atoms with van der Waals surface area (Å²) in [5.74, 6) is -1.68. The Labute approximate surface area is 103 Å².